The number of aromatic amines is 1. The standard InChI is InChI=1S/C25H15ClN4O3S/c26-23-14(10-13-4-1-2-6-16(13)29-23)11-30-17-7-8-18-21(28-12-34-18)20(17)19(22(30)25(32)33)15-5-3-9-27-24(15)31/h1-10,12H,11H2,(H,27,31)(H,32,33). The van der Waals surface area contributed by atoms with E-state index in [-0.39, 0.29) is 23.4 Å². The summed E-state index contributed by atoms with van der Waals surface area (Å²) in [6, 6.07) is 16.6. The molecule has 0 aliphatic carbocycles. The fraction of sp³-hybridized carbons (Fsp3) is 0.0400. The number of fused-ring (bicyclic) bond motifs is 4. The van der Waals surface area contributed by atoms with Crippen LogP contribution in [0.25, 0.3) is 43.1 Å². The minimum absolute atomic E-state index is 0.00331. The molecule has 0 unspecified atom stereocenters. The zero-order valence-electron chi connectivity index (χ0n) is 17.4. The number of carboxylic acid groups (broad SMARTS) is 1. The molecule has 166 valence electrons. The van der Waals surface area contributed by atoms with E-state index in [0.29, 0.717) is 32.7 Å². The molecule has 34 heavy (non-hydrogen) atoms. The maximum atomic E-state index is 12.8. The number of benzene rings is 2. The van der Waals surface area contributed by atoms with Crippen molar-refractivity contribution in [2.24, 2.45) is 0 Å². The predicted octanol–water partition coefficient (Wildman–Crippen LogP) is 5.55. The summed E-state index contributed by atoms with van der Waals surface area (Å²) in [6.07, 6.45) is 1.52. The number of para-hydroxylation sites is 1. The molecular formula is C25H15ClN4O3S. The first-order valence-electron chi connectivity index (χ1n) is 10.4. The normalized spacial score (nSPS) is 11.6. The minimum Gasteiger partial charge on any atom is -0.477 e. The van der Waals surface area contributed by atoms with Gasteiger partial charge in [-0.05, 0) is 36.4 Å². The van der Waals surface area contributed by atoms with Crippen molar-refractivity contribution in [3.63, 3.8) is 0 Å². The van der Waals surface area contributed by atoms with Crippen molar-refractivity contribution in [2.75, 3.05) is 0 Å². The lowest BCUT2D eigenvalue weighted by Crippen LogP contribution is -2.14. The van der Waals surface area contributed by atoms with Crippen LogP contribution in [0, 0.1) is 0 Å². The molecule has 0 radical (unpaired) electrons. The highest BCUT2D eigenvalue weighted by atomic mass is 35.5. The molecule has 0 saturated heterocycles. The Balaban J connectivity index is 1.71. The van der Waals surface area contributed by atoms with E-state index in [0.717, 1.165) is 15.6 Å². The number of nitrogens with one attached hydrogen (secondary N) is 1. The third-order valence-electron chi connectivity index (χ3n) is 5.90. The van der Waals surface area contributed by atoms with E-state index in [1.165, 1.54) is 17.5 Å². The van der Waals surface area contributed by atoms with Crippen LogP contribution in [-0.2, 0) is 6.54 Å². The monoisotopic (exact) mass is 486 g/mol. The molecule has 2 N–H and O–H groups in total. The van der Waals surface area contributed by atoms with Crippen LogP contribution in [0.5, 0.6) is 0 Å². The lowest BCUT2D eigenvalue weighted by Gasteiger charge is -2.11. The van der Waals surface area contributed by atoms with Crippen LogP contribution in [0.3, 0.4) is 0 Å². The van der Waals surface area contributed by atoms with Gasteiger partial charge in [0, 0.05) is 28.1 Å². The highest BCUT2D eigenvalue weighted by molar-refractivity contribution is 7.16. The molecule has 6 aromatic rings. The van der Waals surface area contributed by atoms with Gasteiger partial charge in [0.15, 0.2) is 0 Å². The number of rotatable bonds is 4. The van der Waals surface area contributed by atoms with Gasteiger partial charge in [0.2, 0.25) is 0 Å². The van der Waals surface area contributed by atoms with Crippen LogP contribution in [0.15, 0.2) is 71.1 Å². The smallest absolute Gasteiger partial charge is 0.353 e. The first-order chi connectivity index (χ1) is 16.5. The molecule has 0 spiro atoms. The molecule has 0 fully saturated rings. The minimum atomic E-state index is -1.15. The Morgan fingerprint density at radius 1 is 1.15 bits per heavy atom. The summed E-state index contributed by atoms with van der Waals surface area (Å²) in [5, 5.41) is 12.2. The summed E-state index contributed by atoms with van der Waals surface area (Å²) in [5.41, 5.74) is 4.68. The van der Waals surface area contributed by atoms with E-state index in [9.17, 15) is 14.7 Å². The third kappa shape index (κ3) is 3.11. The number of halogens is 1. The van der Waals surface area contributed by atoms with Gasteiger partial charge < -0.3 is 14.7 Å². The highest BCUT2D eigenvalue weighted by Gasteiger charge is 2.27. The van der Waals surface area contributed by atoms with Crippen LogP contribution >= 0.6 is 22.9 Å². The quantitative estimate of drug-likeness (QED) is 0.318. The van der Waals surface area contributed by atoms with E-state index < -0.39 is 5.97 Å². The van der Waals surface area contributed by atoms with Gasteiger partial charge in [0.25, 0.3) is 5.56 Å². The molecule has 4 aromatic heterocycles. The molecule has 0 amide bonds. The molecule has 0 aliphatic rings. The Morgan fingerprint density at radius 2 is 2.00 bits per heavy atom. The molecule has 0 aliphatic heterocycles. The summed E-state index contributed by atoms with van der Waals surface area (Å²) in [7, 11) is 0. The Kier molecular flexibility index (Phi) is 4.72. The SMILES string of the molecule is O=C(O)c1c(-c2ccc[nH]c2=O)c2c3ncsc3ccc2n1Cc1cc2ccccc2nc1Cl. The number of nitrogens with zero attached hydrogens (tertiary/aromatic N) is 3. The number of hydrogen-bond donors (Lipinski definition) is 2. The highest BCUT2D eigenvalue weighted by Crippen LogP contribution is 2.39. The number of hydrogen-bond acceptors (Lipinski definition) is 5. The topological polar surface area (TPSA) is 101 Å². The zero-order chi connectivity index (χ0) is 23.4. The van der Waals surface area contributed by atoms with Gasteiger partial charge in [-0.3, -0.25) is 4.79 Å². The molecule has 9 heteroatoms. The molecule has 0 saturated carbocycles. The maximum absolute atomic E-state index is 12.8. The van der Waals surface area contributed by atoms with Gasteiger partial charge in [-0.25, -0.2) is 14.8 Å². The van der Waals surface area contributed by atoms with E-state index in [4.69, 9.17) is 11.6 Å². The molecule has 4 heterocycles. The van der Waals surface area contributed by atoms with Crippen LogP contribution in [0.1, 0.15) is 16.1 Å². The molecule has 6 rings (SSSR count). The number of carboxylic acids is 1. The van der Waals surface area contributed by atoms with Crippen molar-refractivity contribution in [1.82, 2.24) is 19.5 Å². The Labute approximate surface area is 200 Å². The number of carbonyl (C=O) groups is 1. The van der Waals surface area contributed by atoms with Crippen molar-refractivity contribution in [3.05, 3.63) is 93.1 Å². The van der Waals surface area contributed by atoms with Gasteiger partial charge >= 0.3 is 5.97 Å². The number of pyridine rings is 2. The summed E-state index contributed by atoms with van der Waals surface area (Å²) in [5.74, 6) is -1.15. The van der Waals surface area contributed by atoms with E-state index in [2.05, 4.69) is 15.0 Å². The van der Waals surface area contributed by atoms with Crippen LogP contribution in [0.4, 0.5) is 0 Å². The van der Waals surface area contributed by atoms with Crippen LogP contribution < -0.4 is 5.56 Å². The summed E-state index contributed by atoms with van der Waals surface area (Å²) < 4.78 is 2.58. The second-order valence-corrected chi connectivity index (χ2v) is 9.06. The van der Waals surface area contributed by atoms with Crippen LogP contribution in [0.2, 0.25) is 5.15 Å². The van der Waals surface area contributed by atoms with Crippen molar-refractivity contribution < 1.29 is 9.90 Å². The number of H-pyrrole nitrogens is 1. The predicted molar refractivity (Wildman–Crippen MR) is 134 cm³/mol. The molecule has 7 nitrogen and oxygen atoms in total. The molecular weight excluding hydrogens is 472 g/mol. The lowest BCUT2D eigenvalue weighted by atomic mass is 10.0. The Bertz CT molecular complexity index is 1820. The van der Waals surface area contributed by atoms with E-state index in [1.807, 2.05) is 42.5 Å². The third-order valence-corrected chi connectivity index (χ3v) is 7.02. The van der Waals surface area contributed by atoms with Crippen LogP contribution in [-0.4, -0.2) is 30.6 Å². The second-order valence-electron chi connectivity index (χ2n) is 7.82. The van der Waals surface area contributed by atoms with E-state index >= 15 is 0 Å². The maximum Gasteiger partial charge on any atom is 0.353 e. The summed E-state index contributed by atoms with van der Waals surface area (Å²) in [4.78, 5) is 37.1. The van der Waals surface area contributed by atoms with E-state index in [1.54, 1.807) is 22.2 Å². The van der Waals surface area contributed by atoms with Crippen molar-refractivity contribution in [1.29, 1.82) is 0 Å². The first-order valence-corrected chi connectivity index (χ1v) is 11.6. The zero-order valence-corrected chi connectivity index (χ0v) is 19.0. The molecule has 0 atom stereocenters. The van der Waals surface area contributed by atoms with Gasteiger partial charge in [0.05, 0.1) is 38.9 Å². The number of thiazole rings is 1. The van der Waals surface area contributed by atoms with Crippen molar-refractivity contribution in [2.45, 2.75) is 6.54 Å². The largest absolute Gasteiger partial charge is 0.477 e. The van der Waals surface area contributed by atoms with Gasteiger partial charge in [0.1, 0.15) is 10.8 Å². The average Bonchev–Trinajstić information content (AvgIpc) is 3.42. The number of aromatic carboxylic acids is 1. The van der Waals surface area contributed by atoms with Gasteiger partial charge in [-0.2, -0.15) is 0 Å². The Hall–Kier alpha value is -4.01. The fourth-order valence-electron chi connectivity index (χ4n) is 4.45. The fourth-order valence-corrected chi connectivity index (χ4v) is 5.34. The average molecular weight is 487 g/mol. The van der Waals surface area contributed by atoms with Crippen molar-refractivity contribution >= 4 is 60.9 Å². The van der Waals surface area contributed by atoms with Crippen molar-refractivity contribution in [3.8, 4) is 11.1 Å². The molecule has 0 bridgehead atoms. The van der Waals surface area contributed by atoms with Gasteiger partial charge in [-0.15, -0.1) is 11.3 Å². The first kappa shape index (κ1) is 20.6. The van der Waals surface area contributed by atoms with Gasteiger partial charge in [-0.1, -0.05) is 29.8 Å². The number of aromatic nitrogens is 4. The molecule has 2 aromatic carbocycles. The summed E-state index contributed by atoms with van der Waals surface area (Å²) in [6.45, 7) is 0.162. The summed E-state index contributed by atoms with van der Waals surface area (Å²) >= 11 is 7.98. The Morgan fingerprint density at radius 3 is 2.82 bits per heavy atom. The second kappa shape index (κ2) is 7.79. The lowest BCUT2D eigenvalue weighted by molar-refractivity contribution is 0.0687.